The van der Waals surface area contributed by atoms with E-state index in [4.69, 9.17) is 5.26 Å². The van der Waals surface area contributed by atoms with Crippen LogP contribution in [-0.2, 0) is 6.18 Å². The topological polar surface area (TPSA) is 54.5 Å². The normalized spacial score (nSPS) is 11.6. The minimum absolute atomic E-state index is 0.290. The number of aromatic nitrogens is 3. The van der Waals surface area contributed by atoms with Crippen LogP contribution in [-0.4, -0.2) is 14.5 Å². The fraction of sp³-hybridized carbons (Fsp3) is 0.133. The Morgan fingerprint density at radius 3 is 2.68 bits per heavy atom. The van der Waals surface area contributed by atoms with Crippen LogP contribution >= 0.6 is 0 Å². The zero-order chi connectivity index (χ0) is 15.9. The summed E-state index contributed by atoms with van der Waals surface area (Å²) < 4.78 is 40.1. The minimum atomic E-state index is -4.43. The smallest absolute Gasteiger partial charge is 0.312 e. The standard InChI is InChI=1S/C15H9F3N4/c1-9-14-13(21-8-20-9)10(6-19)7-22(14)12-4-2-3-11(5-12)15(16,17)18/h2-5,7-8H,1H3. The van der Waals surface area contributed by atoms with Crippen molar-refractivity contribution in [1.82, 2.24) is 14.5 Å². The molecule has 4 nitrogen and oxygen atoms in total. The van der Waals surface area contributed by atoms with Crippen LogP contribution in [0.1, 0.15) is 16.8 Å². The van der Waals surface area contributed by atoms with Gasteiger partial charge in [-0.15, -0.1) is 0 Å². The van der Waals surface area contributed by atoms with Crippen molar-refractivity contribution in [3.63, 3.8) is 0 Å². The summed E-state index contributed by atoms with van der Waals surface area (Å²) in [6.07, 6.45) is -1.63. The number of hydrogen-bond donors (Lipinski definition) is 0. The van der Waals surface area contributed by atoms with Gasteiger partial charge in [0.15, 0.2) is 0 Å². The third kappa shape index (κ3) is 2.19. The van der Waals surface area contributed by atoms with Gasteiger partial charge in [0.05, 0.1) is 22.3 Å². The van der Waals surface area contributed by atoms with Crippen LogP contribution in [0.2, 0.25) is 0 Å². The number of nitriles is 1. The first-order valence-corrected chi connectivity index (χ1v) is 6.32. The largest absolute Gasteiger partial charge is 0.416 e. The molecule has 0 unspecified atom stereocenters. The molecule has 0 fully saturated rings. The monoisotopic (exact) mass is 302 g/mol. The summed E-state index contributed by atoms with van der Waals surface area (Å²) in [5.74, 6) is 0. The second-order valence-electron chi connectivity index (χ2n) is 4.73. The van der Waals surface area contributed by atoms with Crippen molar-refractivity contribution in [2.24, 2.45) is 0 Å². The zero-order valence-electron chi connectivity index (χ0n) is 11.4. The number of rotatable bonds is 1. The van der Waals surface area contributed by atoms with Crippen LogP contribution in [0.4, 0.5) is 13.2 Å². The molecule has 0 radical (unpaired) electrons. The first-order chi connectivity index (χ1) is 10.4. The molecule has 22 heavy (non-hydrogen) atoms. The van der Waals surface area contributed by atoms with Crippen molar-refractivity contribution < 1.29 is 13.2 Å². The van der Waals surface area contributed by atoms with Gasteiger partial charge in [-0.1, -0.05) is 6.07 Å². The minimum Gasteiger partial charge on any atom is -0.312 e. The summed E-state index contributed by atoms with van der Waals surface area (Å²) in [6.45, 7) is 1.72. The zero-order valence-corrected chi connectivity index (χ0v) is 11.4. The molecular formula is C15H9F3N4. The van der Waals surface area contributed by atoms with E-state index < -0.39 is 11.7 Å². The number of fused-ring (bicyclic) bond motifs is 1. The summed E-state index contributed by atoms with van der Waals surface area (Å²) >= 11 is 0. The fourth-order valence-electron chi connectivity index (χ4n) is 2.32. The van der Waals surface area contributed by atoms with Crippen molar-refractivity contribution in [3.05, 3.63) is 53.6 Å². The SMILES string of the molecule is Cc1ncnc2c(C#N)cn(-c3cccc(C(F)(F)F)c3)c12. The van der Waals surface area contributed by atoms with Crippen molar-refractivity contribution in [3.8, 4) is 11.8 Å². The molecule has 7 heteroatoms. The van der Waals surface area contributed by atoms with E-state index >= 15 is 0 Å². The third-order valence-corrected chi connectivity index (χ3v) is 3.33. The van der Waals surface area contributed by atoms with Gasteiger partial charge in [0.1, 0.15) is 17.9 Å². The van der Waals surface area contributed by atoms with E-state index in [1.54, 1.807) is 13.0 Å². The molecule has 0 spiro atoms. The first kappa shape index (κ1) is 14.1. The molecule has 3 rings (SSSR count). The quantitative estimate of drug-likeness (QED) is 0.690. The number of benzene rings is 1. The van der Waals surface area contributed by atoms with Gasteiger partial charge in [-0.2, -0.15) is 18.4 Å². The van der Waals surface area contributed by atoms with Crippen LogP contribution < -0.4 is 0 Å². The van der Waals surface area contributed by atoms with Gasteiger partial charge < -0.3 is 4.57 Å². The Morgan fingerprint density at radius 2 is 2.00 bits per heavy atom. The van der Waals surface area contributed by atoms with Crippen molar-refractivity contribution >= 4 is 11.0 Å². The maximum absolute atomic E-state index is 12.9. The Balaban J connectivity index is 2.30. The molecule has 2 aromatic heterocycles. The van der Waals surface area contributed by atoms with Gasteiger partial charge >= 0.3 is 6.18 Å². The number of hydrogen-bond acceptors (Lipinski definition) is 3. The maximum atomic E-state index is 12.9. The third-order valence-electron chi connectivity index (χ3n) is 3.33. The van der Waals surface area contributed by atoms with E-state index in [1.807, 2.05) is 6.07 Å². The number of halogens is 3. The Bertz CT molecular complexity index is 903. The van der Waals surface area contributed by atoms with E-state index in [0.29, 0.717) is 22.4 Å². The summed E-state index contributed by atoms with van der Waals surface area (Å²) in [6, 6.07) is 6.91. The molecule has 3 aromatic rings. The average molecular weight is 302 g/mol. The first-order valence-electron chi connectivity index (χ1n) is 6.32. The molecule has 1 aromatic carbocycles. The highest BCUT2D eigenvalue weighted by Crippen LogP contribution is 2.32. The average Bonchev–Trinajstić information content (AvgIpc) is 2.87. The van der Waals surface area contributed by atoms with Crippen LogP contribution in [0.25, 0.3) is 16.7 Å². The van der Waals surface area contributed by atoms with Crippen molar-refractivity contribution in [2.45, 2.75) is 13.1 Å². The van der Waals surface area contributed by atoms with E-state index in [9.17, 15) is 13.2 Å². The predicted octanol–water partition coefficient (Wildman–Crippen LogP) is 3.62. The molecule has 0 aliphatic heterocycles. The van der Waals surface area contributed by atoms with Crippen LogP contribution in [0.3, 0.4) is 0 Å². The van der Waals surface area contributed by atoms with Crippen LogP contribution in [0.15, 0.2) is 36.8 Å². The lowest BCUT2D eigenvalue weighted by Crippen LogP contribution is -2.06. The van der Waals surface area contributed by atoms with E-state index in [2.05, 4.69) is 9.97 Å². The molecule has 2 heterocycles. The van der Waals surface area contributed by atoms with E-state index in [-0.39, 0.29) is 5.56 Å². The molecule has 0 aliphatic carbocycles. The van der Waals surface area contributed by atoms with Crippen LogP contribution in [0, 0.1) is 18.3 Å². The van der Waals surface area contributed by atoms with Gasteiger partial charge in [-0.3, -0.25) is 0 Å². The molecule has 110 valence electrons. The van der Waals surface area contributed by atoms with Crippen LogP contribution in [0.5, 0.6) is 0 Å². The second-order valence-corrected chi connectivity index (χ2v) is 4.73. The lowest BCUT2D eigenvalue weighted by atomic mass is 10.2. The Kier molecular flexibility index (Phi) is 3.10. The Labute approximate surface area is 123 Å². The Hall–Kier alpha value is -2.88. The highest BCUT2D eigenvalue weighted by molar-refractivity contribution is 5.85. The summed E-state index contributed by atoms with van der Waals surface area (Å²) in [4.78, 5) is 8.10. The number of alkyl halides is 3. The lowest BCUT2D eigenvalue weighted by Gasteiger charge is -2.10. The van der Waals surface area contributed by atoms with Crippen molar-refractivity contribution in [2.75, 3.05) is 0 Å². The van der Waals surface area contributed by atoms with Gasteiger partial charge in [0, 0.05) is 11.9 Å². The molecule has 0 saturated carbocycles. The molecular weight excluding hydrogens is 293 g/mol. The molecule has 0 aliphatic rings. The molecule has 0 atom stereocenters. The predicted molar refractivity (Wildman–Crippen MR) is 73.3 cm³/mol. The molecule has 0 bridgehead atoms. The Morgan fingerprint density at radius 1 is 1.23 bits per heavy atom. The van der Waals surface area contributed by atoms with Crippen molar-refractivity contribution in [1.29, 1.82) is 5.26 Å². The number of aryl methyl sites for hydroxylation is 1. The van der Waals surface area contributed by atoms with Gasteiger partial charge in [-0.05, 0) is 25.1 Å². The number of nitrogens with zero attached hydrogens (tertiary/aromatic N) is 4. The highest BCUT2D eigenvalue weighted by atomic mass is 19.4. The van der Waals surface area contributed by atoms with E-state index in [1.165, 1.54) is 23.2 Å². The maximum Gasteiger partial charge on any atom is 0.416 e. The van der Waals surface area contributed by atoms with Gasteiger partial charge in [-0.25, -0.2) is 9.97 Å². The lowest BCUT2D eigenvalue weighted by molar-refractivity contribution is -0.137. The summed E-state index contributed by atoms with van der Waals surface area (Å²) in [5.41, 5.74) is 1.38. The summed E-state index contributed by atoms with van der Waals surface area (Å²) in [7, 11) is 0. The van der Waals surface area contributed by atoms with Gasteiger partial charge in [0.25, 0.3) is 0 Å². The molecule has 0 saturated heterocycles. The van der Waals surface area contributed by atoms with E-state index in [0.717, 1.165) is 12.1 Å². The van der Waals surface area contributed by atoms with Gasteiger partial charge in [0.2, 0.25) is 0 Å². The highest BCUT2D eigenvalue weighted by Gasteiger charge is 2.30. The molecule has 0 amide bonds. The second kappa shape index (κ2) is 4.84. The summed E-state index contributed by atoms with van der Waals surface area (Å²) in [5, 5.41) is 9.17. The molecule has 0 N–H and O–H groups in total. The fourth-order valence-corrected chi connectivity index (χ4v) is 2.32.